The van der Waals surface area contributed by atoms with Gasteiger partial charge in [0.1, 0.15) is 5.82 Å². The van der Waals surface area contributed by atoms with Gasteiger partial charge in [-0.15, -0.1) is 0 Å². The maximum absolute atomic E-state index is 13.8. The van der Waals surface area contributed by atoms with Gasteiger partial charge in [-0.2, -0.15) is 0 Å². The topological polar surface area (TPSA) is 38.8 Å². The van der Waals surface area contributed by atoms with E-state index in [-0.39, 0.29) is 5.56 Å². The molecule has 0 aliphatic heterocycles. The van der Waals surface area contributed by atoms with Gasteiger partial charge in [0.25, 0.3) is 5.91 Å². The zero-order valence-corrected chi connectivity index (χ0v) is 13.2. The first-order valence-corrected chi connectivity index (χ1v) is 7.37. The number of hydrogen-bond acceptors (Lipinski definition) is 3. The van der Waals surface area contributed by atoms with Crippen LogP contribution in [0.3, 0.4) is 0 Å². The highest BCUT2D eigenvalue weighted by Gasteiger charge is 2.19. The Labute approximate surface area is 129 Å². The molecule has 0 aromatic heterocycles. The molecule has 0 fully saturated rings. The summed E-state index contributed by atoms with van der Waals surface area (Å²) in [6.45, 7) is 6.45. The number of carbonyl (C=O) groups excluding carboxylic acids is 1. The molecule has 1 amide bonds. The van der Waals surface area contributed by atoms with Gasteiger partial charge in [-0.05, 0) is 32.0 Å². The summed E-state index contributed by atoms with van der Waals surface area (Å²) in [7, 11) is 0. The molecule has 0 aliphatic rings. The van der Waals surface area contributed by atoms with Crippen LogP contribution in [-0.4, -0.2) is 50.3 Å². The van der Waals surface area contributed by atoms with Gasteiger partial charge in [-0.25, -0.2) is 4.39 Å². The number of nitrogens with zero attached hydrogens (tertiary/aromatic N) is 1. The molecule has 6 heteroatoms. The van der Waals surface area contributed by atoms with Crippen molar-refractivity contribution >= 4 is 17.5 Å². The third kappa shape index (κ3) is 5.99. The lowest BCUT2D eigenvalue weighted by Gasteiger charge is -2.23. The molecule has 4 nitrogen and oxygen atoms in total. The van der Waals surface area contributed by atoms with Crippen LogP contribution in [0, 0.1) is 5.82 Å². The van der Waals surface area contributed by atoms with Crippen molar-refractivity contribution in [2.45, 2.75) is 13.8 Å². The van der Waals surface area contributed by atoms with E-state index in [2.05, 4.69) is 0 Å². The van der Waals surface area contributed by atoms with Crippen molar-refractivity contribution in [1.29, 1.82) is 0 Å². The van der Waals surface area contributed by atoms with E-state index in [9.17, 15) is 9.18 Å². The summed E-state index contributed by atoms with van der Waals surface area (Å²) in [4.78, 5) is 13.9. The molecule has 0 atom stereocenters. The Hall–Kier alpha value is -1.17. The largest absolute Gasteiger partial charge is 0.380 e. The Bertz CT molecular complexity index is 447. The van der Waals surface area contributed by atoms with Crippen molar-refractivity contribution in [2.24, 2.45) is 0 Å². The molecule has 1 aromatic rings. The van der Waals surface area contributed by atoms with E-state index in [4.69, 9.17) is 21.1 Å². The summed E-state index contributed by atoms with van der Waals surface area (Å²) >= 11 is 5.83. The highest BCUT2D eigenvalue weighted by molar-refractivity contribution is 6.31. The zero-order valence-electron chi connectivity index (χ0n) is 12.4. The van der Waals surface area contributed by atoms with E-state index in [1.54, 1.807) is 0 Å². The van der Waals surface area contributed by atoms with Crippen LogP contribution >= 0.6 is 11.6 Å². The standard InChI is InChI=1S/C15H21ClFNO3/c1-3-20-9-7-18(8-10-21-4-2)15(19)13-11-12(16)5-6-14(13)17/h5-6,11H,3-4,7-10H2,1-2H3. The van der Waals surface area contributed by atoms with E-state index in [1.165, 1.54) is 23.1 Å². The first kappa shape index (κ1) is 17.9. The highest BCUT2D eigenvalue weighted by atomic mass is 35.5. The molecule has 0 unspecified atom stereocenters. The molecule has 1 rings (SSSR count). The van der Waals surface area contributed by atoms with E-state index in [1.807, 2.05) is 13.8 Å². The van der Waals surface area contributed by atoms with E-state index < -0.39 is 11.7 Å². The average Bonchev–Trinajstić information content (AvgIpc) is 2.48. The first-order chi connectivity index (χ1) is 10.1. The lowest BCUT2D eigenvalue weighted by atomic mass is 10.2. The number of carbonyl (C=O) groups is 1. The van der Waals surface area contributed by atoms with E-state index in [0.717, 1.165) is 0 Å². The Morgan fingerprint density at radius 3 is 2.29 bits per heavy atom. The van der Waals surface area contributed by atoms with Crippen molar-refractivity contribution in [2.75, 3.05) is 39.5 Å². The minimum absolute atomic E-state index is 0.0319. The van der Waals surface area contributed by atoms with Crippen LogP contribution in [0.1, 0.15) is 24.2 Å². The number of ether oxygens (including phenoxy) is 2. The van der Waals surface area contributed by atoms with E-state index >= 15 is 0 Å². The normalized spacial score (nSPS) is 10.7. The molecule has 0 N–H and O–H groups in total. The molecular weight excluding hydrogens is 297 g/mol. The van der Waals surface area contributed by atoms with Gasteiger partial charge in [0.15, 0.2) is 0 Å². The number of hydrogen-bond donors (Lipinski definition) is 0. The van der Waals surface area contributed by atoms with Gasteiger partial charge < -0.3 is 14.4 Å². The van der Waals surface area contributed by atoms with Gasteiger partial charge in [0.05, 0.1) is 18.8 Å². The van der Waals surface area contributed by atoms with Gasteiger partial charge in [-0.3, -0.25) is 4.79 Å². The summed E-state index contributed by atoms with van der Waals surface area (Å²) in [5, 5.41) is 0.328. The highest BCUT2D eigenvalue weighted by Crippen LogP contribution is 2.16. The zero-order chi connectivity index (χ0) is 15.7. The lowest BCUT2D eigenvalue weighted by molar-refractivity contribution is 0.0546. The number of amides is 1. The number of rotatable bonds is 9. The lowest BCUT2D eigenvalue weighted by Crippen LogP contribution is -2.37. The summed E-state index contributed by atoms with van der Waals surface area (Å²) in [6.07, 6.45) is 0. The monoisotopic (exact) mass is 317 g/mol. The second-order valence-electron chi connectivity index (χ2n) is 4.31. The Balaban J connectivity index is 2.79. The van der Waals surface area contributed by atoms with Crippen LogP contribution in [0.4, 0.5) is 4.39 Å². The summed E-state index contributed by atoms with van der Waals surface area (Å²) < 4.78 is 24.3. The molecule has 1 aromatic carbocycles. The summed E-state index contributed by atoms with van der Waals surface area (Å²) in [6, 6.07) is 3.95. The van der Waals surface area contributed by atoms with Crippen LogP contribution in [0.25, 0.3) is 0 Å². The van der Waals surface area contributed by atoms with Crippen molar-refractivity contribution in [3.63, 3.8) is 0 Å². The fraction of sp³-hybridized carbons (Fsp3) is 0.533. The molecule has 118 valence electrons. The smallest absolute Gasteiger partial charge is 0.257 e. The number of halogens is 2. The predicted octanol–water partition coefficient (Wildman–Crippen LogP) is 2.99. The fourth-order valence-electron chi connectivity index (χ4n) is 1.78. The molecular formula is C15H21ClFNO3. The SMILES string of the molecule is CCOCCN(CCOCC)C(=O)c1cc(Cl)ccc1F. The average molecular weight is 318 g/mol. The molecule has 0 aliphatic carbocycles. The quantitative estimate of drug-likeness (QED) is 0.657. The second-order valence-corrected chi connectivity index (χ2v) is 4.75. The fourth-order valence-corrected chi connectivity index (χ4v) is 1.96. The molecule has 0 saturated heterocycles. The Morgan fingerprint density at radius 2 is 1.76 bits per heavy atom. The minimum Gasteiger partial charge on any atom is -0.380 e. The van der Waals surface area contributed by atoms with Crippen LogP contribution in [0.15, 0.2) is 18.2 Å². The molecule has 21 heavy (non-hydrogen) atoms. The third-order valence-corrected chi connectivity index (χ3v) is 3.10. The number of benzene rings is 1. The van der Waals surface area contributed by atoms with Crippen molar-refractivity contribution in [1.82, 2.24) is 4.90 Å². The van der Waals surface area contributed by atoms with Crippen molar-refractivity contribution in [3.8, 4) is 0 Å². The second kappa shape index (κ2) is 9.71. The Kier molecular flexibility index (Phi) is 8.27. The van der Waals surface area contributed by atoms with Gasteiger partial charge in [-0.1, -0.05) is 11.6 Å². The summed E-state index contributed by atoms with van der Waals surface area (Å²) in [5.74, 6) is -0.989. The van der Waals surface area contributed by atoms with Gasteiger partial charge in [0, 0.05) is 31.3 Å². The van der Waals surface area contributed by atoms with Crippen LogP contribution in [0.2, 0.25) is 5.02 Å². The molecule has 0 radical (unpaired) electrons. The van der Waals surface area contributed by atoms with Crippen LogP contribution < -0.4 is 0 Å². The Morgan fingerprint density at radius 1 is 1.19 bits per heavy atom. The molecule has 0 bridgehead atoms. The van der Waals surface area contributed by atoms with Crippen molar-refractivity contribution < 1.29 is 18.7 Å². The maximum atomic E-state index is 13.8. The van der Waals surface area contributed by atoms with E-state index in [0.29, 0.717) is 44.5 Å². The molecule has 0 saturated carbocycles. The minimum atomic E-state index is -0.581. The predicted molar refractivity (Wildman–Crippen MR) is 80.3 cm³/mol. The van der Waals surface area contributed by atoms with Gasteiger partial charge in [0.2, 0.25) is 0 Å². The van der Waals surface area contributed by atoms with Crippen LogP contribution in [0.5, 0.6) is 0 Å². The first-order valence-electron chi connectivity index (χ1n) is 7.00. The summed E-state index contributed by atoms with van der Waals surface area (Å²) in [5.41, 5.74) is -0.0319. The molecule has 0 heterocycles. The maximum Gasteiger partial charge on any atom is 0.257 e. The van der Waals surface area contributed by atoms with Gasteiger partial charge >= 0.3 is 0 Å². The van der Waals surface area contributed by atoms with Crippen LogP contribution in [-0.2, 0) is 9.47 Å². The molecule has 0 spiro atoms. The van der Waals surface area contributed by atoms with Crippen molar-refractivity contribution in [3.05, 3.63) is 34.6 Å². The third-order valence-electron chi connectivity index (χ3n) is 2.87.